The third-order valence-electron chi connectivity index (χ3n) is 18.8. The van der Waals surface area contributed by atoms with Crippen LogP contribution < -0.4 is 9.65 Å². The molecular weight excluding hydrogens is 878 g/mol. The van der Waals surface area contributed by atoms with Gasteiger partial charge in [0.25, 0.3) is 0 Å². The molecule has 8 saturated carbocycles. The van der Waals surface area contributed by atoms with Crippen LogP contribution in [0.2, 0.25) is 0 Å². The summed E-state index contributed by atoms with van der Waals surface area (Å²) in [6.45, 7) is 24.7. The molecule has 11 fully saturated rings. The van der Waals surface area contributed by atoms with E-state index in [0.29, 0.717) is 5.41 Å². The average Bonchev–Trinajstić information content (AvgIpc) is 3.66. The lowest BCUT2D eigenvalue weighted by molar-refractivity contribution is -0.0500. The Labute approximate surface area is 399 Å². The highest BCUT2D eigenvalue weighted by Gasteiger charge is 2.64. The fourth-order valence-electron chi connectivity index (χ4n) is 13.9. The van der Waals surface area contributed by atoms with E-state index >= 15 is 0 Å². The highest BCUT2D eigenvalue weighted by Crippen LogP contribution is 2.62. The molecule has 67 heavy (non-hydrogen) atoms. The highest BCUT2D eigenvalue weighted by atomic mass is 32.2. The average molecular weight is 953 g/mol. The molecule has 0 spiro atoms. The molecule has 2 aromatic carbocycles. The van der Waals surface area contributed by atoms with E-state index < -0.39 is 29.6 Å². The molecule has 0 unspecified atom stereocenters. The fraction of sp³-hybridized carbons (Fsp3) is 0.765. The molecule has 13 rings (SSSR count). The van der Waals surface area contributed by atoms with Crippen molar-refractivity contribution >= 4 is 36.7 Å². The van der Waals surface area contributed by atoms with Gasteiger partial charge in [0.15, 0.2) is 0 Å². The minimum Gasteiger partial charge on any atom is -0.405 e. The first-order chi connectivity index (χ1) is 30.8. The first kappa shape index (κ1) is 49.9. The lowest BCUT2D eigenvalue weighted by Crippen LogP contribution is -2.48. The SMILES string of the molecule is CC1(C)OB(B2OC(C)(C)C(C)(C)O2)OC1(C)C.CC1(C)OB(c2ccc(C34CC5CC(CC(C5)C3)C4)cc2)OC1(C)C.O=S(=O)(Oc1ccc(C23CC4CC(CC(C4)C2)C3)cc1)C(F)(F)F. The van der Waals surface area contributed by atoms with Crippen LogP contribution in [0.3, 0.4) is 0 Å². The quantitative estimate of drug-likeness (QED) is 0.159. The first-order valence-electron chi connectivity index (χ1n) is 25.1. The number of benzene rings is 2. The van der Waals surface area contributed by atoms with E-state index in [1.165, 1.54) is 69.9 Å². The lowest BCUT2D eigenvalue weighted by Gasteiger charge is -2.57. The van der Waals surface area contributed by atoms with Gasteiger partial charge in [-0.3, -0.25) is 0 Å². The molecule has 3 aliphatic heterocycles. The summed E-state index contributed by atoms with van der Waals surface area (Å²) in [6.07, 6.45) is 16.1. The molecule has 8 aliphatic carbocycles. The zero-order valence-electron chi connectivity index (χ0n) is 42.0. The van der Waals surface area contributed by atoms with Gasteiger partial charge in [-0.25, -0.2) is 0 Å². The van der Waals surface area contributed by atoms with Crippen LogP contribution in [0.1, 0.15) is 171 Å². The summed E-state index contributed by atoms with van der Waals surface area (Å²) < 4.78 is 99.8. The van der Waals surface area contributed by atoms with Crippen LogP contribution in [0.5, 0.6) is 5.75 Å². The maximum Gasteiger partial charge on any atom is 0.534 e. The largest absolute Gasteiger partial charge is 0.534 e. The molecule has 0 amide bonds. The van der Waals surface area contributed by atoms with Gasteiger partial charge in [0.05, 0.1) is 33.6 Å². The number of alkyl halides is 3. The number of hydrogen-bond acceptors (Lipinski definition) is 9. The van der Waals surface area contributed by atoms with E-state index in [0.717, 1.165) is 65.8 Å². The smallest absolute Gasteiger partial charge is 0.405 e. The van der Waals surface area contributed by atoms with Crippen molar-refractivity contribution in [3.05, 3.63) is 59.7 Å². The van der Waals surface area contributed by atoms with Gasteiger partial charge in [0, 0.05) is 0 Å². The van der Waals surface area contributed by atoms with Crippen molar-refractivity contribution in [3.8, 4) is 5.75 Å². The van der Waals surface area contributed by atoms with E-state index in [2.05, 4.69) is 56.1 Å². The van der Waals surface area contributed by atoms with Crippen LogP contribution in [0.4, 0.5) is 13.2 Å². The summed E-state index contributed by atoms with van der Waals surface area (Å²) >= 11 is 0. The van der Waals surface area contributed by atoms with Gasteiger partial charge in [-0.15, -0.1) is 0 Å². The second-order valence-electron chi connectivity index (χ2n) is 25.4. The predicted octanol–water partition coefficient (Wildman–Crippen LogP) is 11.1. The Morgan fingerprint density at radius 1 is 0.463 bits per heavy atom. The van der Waals surface area contributed by atoms with Crippen molar-refractivity contribution in [3.63, 3.8) is 0 Å². The summed E-state index contributed by atoms with van der Waals surface area (Å²) in [5.41, 5.74) is -2.94. The Hall–Kier alpha value is -2.07. The molecule has 368 valence electrons. The van der Waals surface area contributed by atoms with Crippen LogP contribution in [0.25, 0.3) is 0 Å². The minimum atomic E-state index is -5.61. The zero-order chi connectivity index (χ0) is 48.6. The third-order valence-corrected chi connectivity index (χ3v) is 19.8. The minimum absolute atomic E-state index is 0.121. The summed E-state index contributed by atoms with van der Waals surface area (Å²) in [6, 6.07) is 15.5. The number of halogens is 3. The molecule has 2 aromatic rings. The standard InChI is InChI=1S/C22H31BO2.C17H19F3O3S.C12H24B2O4/c1-20(2)21(3,4)25-23(24-20)19-7-5-18(6-8-19)22-12-15-9-16(13-22)11-17(10-15)14-22;18-17(19,20)24(21,22)23-15-3-1-14(2-4-15)16-8-11-5-12(9-16)7-13(6-11)10-16;1-9(2)10(3,4)16-13(15-9)14-17-11(5,6)12(7,8)18-14/h5-8,15-17H,9-14H2,1-4H3;1-4,11-13H,5-10H2;1-8H3. The van der Waals surface area contributed by atoms with Crippen molar-refractivity contribution < 1.29 is 53.7 Å². The summed E-state index contributed by atoms with van der Waals surface area (Å²) in [7, 11) is -6.80. The molecule has 3 saturated heterocycles. The van der Waals surface area contributed by atoms with Crippen LogP contribution in [-0.4, -0.2) is 68.7 Å². The van der Waals surface area contributed by atoms with Gasteiger partial charge in [0.1, 0.15) is 5.75 Å². The molecule has 3 heterocycles. The molecule has 16 heteroatoms. The zero-order valence-corrected chi connectivity index (χ0v) is 42.8. The normalized spacial score (nSPS) is 36.4. The van der Waals surface area contributed by atoms with E-state index in [1.54, 1.807) is 17.7 Å². The Morgan fingerprint density at radius 3 is 1.01 bits per heavy atom. The fourth-order valence-corrected chi connectivity index (χ4v) is 14.4. The molecular formula is C51H74B3F3O9S. The third kappa shape index (κ3) is 9.24. The second kappa shape index (κ2) is 16.5. The summed E-state index contributed by atoms with van der Waals surface area (Å²) in [5.74, 6) is 4.98. The monoisotopic (exact) mass is 953 g/mol. The van der Waals surface area contributed by atoms with Gasteiger partial charge in [0.2, 0.25) is 0 Å². The van der Waals surface area contributed by atoms with Gasteiger partial charge >= 0.3 is 36.8 Å². The molecule has 0 aromatic heterocycles. The molecule has 0 radical (unpaired) electrons. The van der Waals surface area contributed by atoms with E-state index in [-0.39, 0.29) is 51.9 Å². The predicted molar refractivity (Wildman–Crippen MR) is 256 cm³/mol. The van der Waals surface area contributed by atoms with Crippen LogP contribution in [0, 0.1) is 35.5 Å². The Balaban J connectivity index is 0.000000128. The topological polar surface area (TPSA) is 98.8 Å². The highest BCUT2D eigenvalue weighted by molar-refractivity contribution is 7.88. The maximum absolute atomic E-state index is 12.4. The summed E-state index contributed by atoms with van der Waals surface area (Å²) in [5, 5.41) is 0. The van der Waals surface area contributed by atoms with Crippen LogP contribution in [-0.2, 0) is 48.9 Å². The number of rotatable bonds is 6. The van der Waals surface area contributed by atoms with E-state index in [9.17, 15) is 21.6 Å². The first-order valence-corrected chi connectivity index (χ1v) is 26.5. The van der Waals surface area contributed by atoms with Crippen molar-refractivity contribution in [1.29, 1.82) is 0 Å². The van der Waals surface area contributed by atoms with Crippen molar-refractivity contribution in [1.82, 2.24) is 0 Å². The van der Waals surface area contributed by atoms with Gasteiger partial charge < -0.3 is 32.1 Å². The Kier molecular flexibility index (Phi) is 12.3. The Bertz CT molecular complexity index is 2110. The van der Waals surface area contributed by atoms with Crippen molar-refractivity contribution in [2.75, 3.05) is 0 Å². The van der Waals surface area contributed by atoms with E-state index in [4.69, 9.17) is 27.9 Å². The molecule has 0 atom stereocenters. The molecule has 11 aliphatic rings. The molecule has 0 N–H and O–H groups in total. The summed E-state index contributed by atoms with van der Waals surface area (Å²) in [4.78, 5) is 0. The maximum atomic E-state index is 12.4. The van der Waals surface area contributed by atoms with Crippen molar-refractivity contribution in [2.24, 2.45) is 35.5 Å². The van der Waals surface area contributed by atoms with Crippen LogP contribution >= 0.6 is 0 Å². The molecule has 8 bridgehead atoms. The van der Waals surface area contributed by atoms with Crippen molar-refractivity contribution in [2.45, 2.75) is 210 Å². The number of hydrogen-bond donors (Lipinski definition) is 0. The lowest BCUT2D eigenvalue weighted by atomic mass is 9.48. The molecule has 9 nitrogen and oxygen atoms in total. The Morgan fingerprint density at radius 2 is 0.731 bits per heavy atom. The van der Waals surface area contributed by atoms with Gasteiger partial charge in [-0.1, -0.05) is 36.4 Å². The second-order valence-corrected chi connectivity index (χ2v) is 26.9. The van der Waals surface area contributed by atoms with Gasteiger partial charge in [-0.05, 0) is 235 Å². The van der Waals surface area contributed by atoms with Crippen LogP contribution in [0.15, 0.2) is 48.5 Å². The van der Waals surface area contributed by atoms with Gasteiger partial charge in [-0.2, -0.15) is 21.6 Å². The van der Waals surface area contributed by atoms with E-state index in [1.807, 2.05) is 55.4 Å².